The summed E-state index contributed by atoms with van der Waals surface area (Å²) in [6, 6.07) is 6.12. The van der Waals surface area contributed by atoms with Crippen molar-refractivity contribution in [2.75, 3.05) is 20.1 Å². The molecule has 5 nitrogen and oxygen atoms in total. The lowest BCUT2D eigenvalue weighted by Gasteiger charge is -2.40. The van der Waals surface area contributed by atoms with Gasteiger partial charge in [-0.05, 0) is 37.6 Å². The van der Waals surface area contributed by atoms with Crippen molar-refractivity contribution in [2.24, 2.45) is 0 Å². The Morgan fingerprint density at radius 3 is 2.84 bits per heavy atom. The monoisotopic (exact) mass is 363 g/mol. The number of hydrogen-bond acceptors (Lipinski definition) is 5. The van der Waals surface area contributed by atoms with Crippen LogP contribution in [0.25, 0.3) is 0 Å². The number of aliphatic hydroxyl groups is 1. The van der Waals surface area contributed by atoms with Crippen LogP contribution in [0.15, 0.2) is 35.8 Å². The van der Waals surface area contributed by atoms with Crippen molar-refractivity contribution in [3.8, 4) is 0 Å². The third kappa shape index (κ3) is 4.42. The highest BCUT2D eigenvalue weighted by Gasteiger charge is 2.42. The lowest BCUT2D eigenvalue weighted by Crippen LogP contribution is -2.57. The highest BCUT2D eigenvalue weighted by atomic mass is 32.1. The average molecular weight is 363 g/mol. The van der Waals surface area contributed by atoms with Crippen molar-refractivity contribution in [2.45, 2.75) is 31.5 Å². The molecule has 1 saturated heterocycles. The first-order valence-electron chi connectivity index (χ1n) is 8.29. The molecule has 1 aliphatic heterocycles. The summed E-state index contributed by atoms with van der Waals surface area (Å²) < 4.78 is 13.0. The summed E-state index contributed by atoms with van der Waals surface area (Å²) >= 11 is 1.56. The molecule has 1 unspecified atom stereocenters. The Balaban J connectivity index is 1.64. The standard InChI is InChI=1S/C18H22FN3O2S/c1-21(12-16-20-8-10-25-16)13-18(24)7-2-9-22(17(18)23)11-14-3-5-15(19)6-4-14/h3-6,8,10,24H,2,7,9,11-13H2,1H3. The van der Waals surface area contributed by atoms with Crippen LogP contribution in [0.3, 0.4) is 0 Å². The first-order valence-corrected chi connectivity index (χ1v) is 9.17. The maximum Gasteiger partial charge on any atom is 0.256 e. The van der Waals surface area contributed by atoms with E-state index in [-0.39, 0.29) is 18.3 Å². The highest BCUT2D eigenvalue weighted by molar-refractivity contribution is 7.09. The van der Waals surface area contributed by atoms with Gasteiger partial charge in [0.15, 0.2) is 5.60 Å². The smallest absolute Gasteiger partial charge is 0.256 e. The highest BCUT2D eigenvalue weighted by Crippen LogP contribution is 2.25. The molecule has 0 radical (unpaired) electrons. The number of likely N-dealkylation sites (tertiary alicyclic amines) is 1. The van der Waals surface area contributed by atoms with E-state index in [1.807, 2.05) is 17.3 Å². The second-order valence-corrected chi connectivity index (χ2v) is 7.57. The minimum absolute atomic E-state index is 0.255. The molecule has 25 heavy (non-hydrogen) atoms. The van der Waals surface area contributed by atoms with Gasteiger partial charge in [-0.25, -0.2) is 9.37 Å². The molecule has 134 valence electrons. The third-order valence-corrected chi connectivity index (χ3v) is 5.17. The first kappa shape index (κ1) is 18.0. The van der Waals surface area contributed by atoms with E-state index in [1.165, 1.54) is 12.1 Å². The number of carbonyl (C=O) groups excluding carboxylic acids is 1. The van der Waals surface area contributed by atoms with E-state index in [2.05, 4.69) is 4.98 Å². The number of hydrogen-bond donors (Lipinski definition) is 1. The first-order chi connectivity index (χ1) is 12.0. The number of halogens is 1. The Morgan fingerprint density at radius 1 is 1.40 bits per heavy atom. The lowest BCUT2D eigenvalue weighted by molar-refractivity contribution is -0.160. The summed E-state index contributed by atoms with van der Waals surface area (Å²) in [6.45, 7) is 1.86. The number of likely N-dealkylation sites (N-methyl/N-ethyl adjacent to an activating group) is 1. The van der Waals surface area contributed by atoms with Gasteiger partial charge in [0.25, 0.3) is 5.91 Å². The van der Waals surface area contributed by atoms with Crippen LogP contribution < -0.4 is 0 Å². The zero-order chi connectivity index (χ0) is 17.9. The van der Waals surface area contributed by atoms with Gasteiger partial charge >= 0.3 is 0 Å². The van der Waals surface area contributed by atoms with Gasteiger partial charge in [0.05, 0.1) is 6.54 Å². The topological polar surface area (TPSA) is 56.7 Å². The van der Waals surface area contributed by atoms with Gasteiger partial charge < -0.3 is 10.0 Å². The molecule has 1 amide bonds. The van der Waals surface area contributed by atoms with Gasteiger partial charge in [0, 0.05) is 31.2 Å². The fraction of sp³-hybridized carbons (Fsp3) is 0.444. The zero-order valence-corrected chi connectivity index (χ0v) is 15.0. The molecule has 1 fully saturated rings. The number of benzene rings is 1. The molecule has 0 saturated carbocycles. The van der Waals surface area contributed by atoms with Gasteiger partial charge in [-0.15, -0.1) is 11.3 Å². The molecule has 0 spiro atoms. The van der Waals surface area contributed by atoms with Gasteiger partial charge in [-0.1, -0.05) is 12.1 Å². The van der Waals surface area contributed by atoms with E-state index in [0.717, 1.165) is 17.0 Å². The Morgan fingerprint density at radius 2 is 2.16 bits per heavy atom. The Labute approximate surface area is 150 Å². The largest absolute Gasteiger partial charge is 0.379 e. The van der Waals surface area contributed by atoms with E-state index in [4.69, 9.17) is 0 Å². The fourth-order valence-corrected chi connectivity index (χ4v) is 3.93. The minimum Gasteiger partial charge on any atom is -0.379 e. The van der Waals surface area contributed by atoms with Crippen LogP contribution in [0.4, 0.5) is 4.39 Å². The predicted molar refractivity (Wildman–Crippen MR) is 94.4 cm³/mol. The van der Waals surface area contributed by atoms with Crippen molar-refractivity contribution in [3.63, 3.8) is 0 Å². The molecule has 0 aliphatic carbocycles. The molecule has 1 atom stereocenters. The second-order valence-electron chi connectivity index (χ2n) is 6.59. The summed E-state index contributed by atoms with van der Waals surface area (Å²) in [5.74, 6) is -0.553. The van der Waals surface area contributed by atoms with Crippen molar-refractivity contribution in [3.05, 3.63) is 52.2 Å². The zero-order valence-electron chi connectivity index (χ0n) is 14.2. The average Bonchev–Trinajstić information content (AvgIpc) is 3.07. The summed E-state index contributed by atoms with van der Waals surface area (Å²) in [7, 11) is 1.88. The van der Waals surface area contributed by atoms with Crippen molar-refractivity contribution in [1.82, 2.24) is 14.8 Å². The molecule has 2 aromatic rings. The van der Waals surface area contributed by atoms with E-state index in [1.54, 1.807) is 34.6 Å². The third-order valence-electron chi connectivity index (χ3n) is 4.41. The van der Waals surface area contributed by atoms with Gasteiger partial charge in [-0.3, -0.25) is 9.69 Å². The molecular weight excluding hydrogens is 341 g/mol. The van der Waals surface area contributed by atoms with E-state index in [0.29, 0.717) is 26.1 Å². The van der Waals surface area contributed by atoms with Crippen molar-refractivity contribution >= 4 is 17.2 Å². The number of rotatable bonds is 6. The number of nitrogens with zero attached hydrogens (tertiary/aromatic N) is 3. The van der Waals surface area contributed by atoms with Crippen LogP contribution in [0, 0.1) is 5.82 Å². The molecule has 1 aliphatic rings. The van der Waals surface area contributed by atoms with Crippen LogP contribution in [-0.2, 0) is 17.9 Å². The van der Waals surface area contributed by atoms with Crippen LogP contribution in [0.1, 0.15) is 23.4 Å². The molecule has 1 aromatic carbocycles. The van der Waals surface area contributed by atoms with Crippen LogP contribution in [0.5, 0.6) is 0 Å². The van der Waals surface area contributed by atoms with Gasteiger partial charge in [0.1, 0.15) is 10.8 Å². The molecule has 2 heterocycles. The maximum absolute atomic E-state index is 13.0. The van der Waals surface area contributed by atoms with Gasteiger partial charge in [-0.2, -0.15) is 0 Å². The quantitative estimate of drug-likeness (QED) is 0.855. The van der Waals surface area contributed by atoms with E-state index >= 15 is 0 Å². The maximum atomic E-state index is 13.0. The second kappa shape index (κ2) is 7.59. The Kier molecular flexibility index (Phi) is 5.46. The minimum atomic E-state index is -1.38. The van der Waals surface area contributed by atoms with E-state index in [9.17, 15) is 14.3 Å². The van der Waals surface area contributed by atoms with Crippen molar-refractivity contribution in [1.29, 1.82) is 0 Å². The summed E-state index contributed by atoms with van der Waals surface area (Å²) in [6.07, 6.45) is 2.95. The number of thiazole rings is 1. The van der Waals surface area contributed by atoms with Gasteiger partial charge in [0.2, 0.25) is 0 Å². The molecule has 1 aromatic heterocycles. The molecular formula is C18H22FN3O2S. The summed E-state index contributed by atoms with van der Waals surface area (Å²) in [5.41, 5.74) is -0.528. The number of aromatic nitrogens is 1. The Bertz CT molecular complexity index is 708. The van der Waals surface area contributed by atoms with Crippen LogP contribution >= 0.6 is 11.3 Å². The molecule has 1 N–H and O–H groups in total. The lowest BCUT2D eigenvalue weighted by atomic mass is 9.91. The summed E-state index contributed by atoms with van der Waals surface area (Å²) in [4.78, 5) is 20.6. The SMILES string of the molecule is CN(Cc1nccs1)CC1(O)CCCN(Cc2ccc(F)cc2)C1=O. The normalized spacial score (nSPS) is 21.1. The number of carbonyl (C=O) groups is 1. The van der Waals surface area contributed by atoms with E-state index < -0.39 is 5.60 Å². The number of amides is 1. The van der Waals surface area contributed by atoms with Crippen LogP contribution in [-0.4, -0.2) is 51.5 Å². The molecule has 3 rings (SSSR count). The number of piperidine rings is 1. The predicted octanol–water partition coefficient (Wildman–Crippen LogP) is 2.27. The Hall–Kier alpha value is -1.83. The van der Waals surface area contributed by atoms with Crippen molar-refractivity contribution < 1.29 is 14.3 Å². The molecule has 7 heteroatoms. The molecule has 0 bridgehead atoms. The summed E-state index contributed by atoms with van der Waals surface area (Å²) in [5, 5.41) is 13.8. The van der Waals surface area contributed by atoms with Crippen LogP contribution in [0.2, 0.25) is 0 Å². The fourth-order valence-electron chi connectivity index (χ4n) is 3.24.